The van der Waals surface area contributed by atoms with Gasteiger partial charge in [0.25, 0.3) is 0 Å². The summed E-state index contributed by atoms with van der Waals surface area (Å²) >= 11 is 0. The number of ether oxygens (including phenoxy) is 2. The van der Waals surface area contributed by atoms with E-state index in [4.69, 9.17) is 23.8 Å². The van der Waals surface area contributed by atoms with Gasteiger partial charge in [-0.3, -0.25) is 48.2 Å². The lowest BCUT2D eigenvalue weighted by Crippen LogP contribution is -2.24. The number of cyclic esters (lactones) is 2. The van der Waals surface area contributed by atoms with Crippen molar-refractivity contribution in [1.82, 2.24) is 9.80 Å². The minimum Gasteiger partial charge on any atom is -0.481 e. The first-order valence-electron chi connectivity index (χ1n) is 22.0. The van der Waals surface area contributed by atoms with Crippen LogP contribution in [-0.4, -0.2) is 107 Å². The Bertz CT molecular complexity index is 3070. The number of hydrogen-bond donors (Lipinski definition) is 2. The van der Waals surface area contributed by atoms with E-state index in [9.17, 15) is 38.4 Å². The van der Waals surface area contributed by atoms with Crippen LogP contribution >= 0.6 is 0 Å². The van der Waals surface area contributed by atoms with Crippen LogP contribution in [0.25, 0.3) is 44.2 Å². The van der Waals surface area contributed by atoms with Gasteiger partial charge in [-0.25, -0.2) is 0 Å². The van der Waals surface area contributed by atoms with Gasteiger partial charge in [-0.05, 0) is 86.6 Å². The van der Waals surface area contributed by atoms with E-state index in [2.05, 4.69) is 4.74 Å². The van der Waals surface area contributed by atoms with E-state index < -0.39 is 47.0 Å². The third-order valence-corrected chi connectivity index (χ3v) is 12.2. The van der Waals surface area contributed by atoms with E-state index in [1.165, 1.54) is 0 Å². The Labute approximate surface area is 390 Å². The second-order valence-electron chi connectivity index (χ2n) is 17.0. The standard InChI is InChI=1S/C26H25NO7.C22H21NO4.C4H4O3/c1-14-5-4-6-17-16(14)7-8-18-23(17)25(32)24(31)22-15(2)19(34-26(18)22)13-27(3)11-12-33-21(30)10-9-20(28)29;1-12-5-4-6-15-14(12)7-8-16-19(15)21(26)20(25)18-13(2)17(27-22(16)18)11-23(3)9-10-24;5-3-1-2-4(6)7-3/h4-8H,9-13H2,1-3H3,(H,28,29);4-8,24H,9-11H2,1-3H3;1-2H2. The number of rotatable bonds is 12. The SMILES string of the molecule is Cc1c(CN(C)CCO)oc2c1C(=O)C(=O)c1c-2ccc2c(C)cccc12.Cc1c(CN(C)CCOC(=O)CCC(=O)O)oc2c1C(=O)C(=O)c1c-2ccc2c(C)cccc12.O=C1CCC(=O)O1. The molecular weight excluding hydrogens is 877 g/mol. The fourth-order valence-corrected chi connectivity index (χ4v) is 8.55. The lowest BCUT2D eigenvalue weighted by atomic mass is 9.83. The molecule has 6 aromatic rings. The zero-order valence-corrected chi connectivity index (χ0v) is 38.5. The molecule has 0 spiro atoms. The molecular formula is C52H50N2O14. The van der Waals surface area contributed by atoms with Crippen LogP contribution in [0.3, 0.4) is 0 Å². The molecule has 1 fully saturated rings. The molecule has 0 radical (unpaired) electrons. The molecule has 1 aliphatic heterocycles. The molecule has 0 amide bonds. The third kappa shape index (κ3) is 9.70. The molecule has 16 nitrogen and oxygen atoms in total. The van der Waals surface area contributed by atoms with Gasteiger partial charge < -0.3 is 28.5 Å². The Hall–Kier alpha value is -7.40. The van der Waals surface area contributed by atoms with Gasteiger partial charge in [0.2, 0.25) is 23.1 Å². The molecule has 2 N–H and O–H groups in total. The van der Waals surface area contributed by atoms with Crippen molar-refractivity contribution in [2.24, 2.45) is 0 Å². The Morgan fingerprint density at radius 3 is 1.44 bits per heavy atom. The summed E-state index contributed by atoms with van der Waals surface area (Å²) in [6, 6.07) is 19.1. The van der Waals surface area contributed by atoms with Crippen molar-refractivity contribution in [1.29, 1.82) is 0 Å². The number of hydrogen-bond acceptors (Lipinski definition) is 15. The normalized spacial score (nSPS) is 13.7. The number of nitrogens with zero attached hydrogens (tertiary/aromatic N) is 2. The summed E-state index contributed by atoms with van der Waals surface area (Å²) in [5.41, 5.74) is 6.15. The zero-order valence-electron chi connectivity index (χ0n) is 38.5. The van der Waals surface area contributed by atoms with Crippen molar-refractivity contribution >= 4 is 68.6 Å². The smallest absolute Gasteiger partial charge is 0.314 e. The molecule has 3 aliphatic rings. The van der Waals surface area contributed by atoms with Gasteiger partial charge in [0.15, 0.2) is 0 Å². The van der Waals surface area contributed by atoms with E-state index in [1.54, 1.807) is 6.92 Å². The number of aliphatic hydroxyl groups is 1. The van der Waals surface area contributed by atoms with Gasteiger partial charge in [0, 0.05) is 46.5 Å². The first-order valence-corrected chi connectivity index (χ1v) is 22.0. The molecule has 9 rings (SSSR count). The zero-order chi connectivity index (χ0) is 49.1. The third-order valence-electron chi connectivity index (χ3n) is 12.2. The molecule has 3 heterocycles. The minimum atomic E-state index is -1.05. The van der Waals surface area contributed by atoms with Gasteiger partial charge in [0.05, 0.1) is 56.5 Å². The number of ketones is 4. The van der Waals surface area contributed by atoms with Crippen molar-refractivity contribution in [2.45, 2.75) is 66.5 Å². The maximum atomic E-state index is 13.1. The number of carbonyl (C=O) groups excluding carboxylic acids is 7. The van der Waals surface area contributed by atoms with Crippen molar-refractivity contribution < 1.29 is 66.9 Å². The number of aliphatic hydroxyl groups excluding tert-OH is 1. The summed E-state index contributed by atoms with van der Waals surface area (Å²) in [6.45, 7) is 9.35. The maximum Gasteiger partial charge on any atom is 0.314 e. The second-order valence-corrected chi connectivity index (χ2v) is 17.0. The first kappa shape index (κ1) is 48.5. The highest BCUT2D eigenvalue weighted by atomic mass is 16.6. The molecule has 2 aromatic heterocycles. The van der Waals surface area contributed by atoms with Crippen LogP contribution < -0.4 is 0 Å². The molecule has 16 heteroatoms. The number of esters is 3. The second kappa shape index (κ2) is 20.2. The number of Topliss-reactive ketones (excluding diaryl/α,β-unsaturated/α-hetero) is 4. The highest BCUT2D eigenvalue weighted by molar-refractivity contribution is 6.55. The summed E-state index contributed by atoms with van der Waals surface area (Å²) in [5, 5.41) is 21.1. The number of furan rings is 2. The fourth-order valence-electron chi connectivity index (χ4n) is 8.55. The highest BCUT2D eigenvalue weighted by Gasteiger charge is 2.39. The van der Waals surface area contributed by atoms with Crippen LogP contribution in [0, 0.1) is 27.7 Å². The largest absolute Gasteiger partial charge is 0.481 e. The molecule has 0 atom stereocenters. The van der Waals surface area contributed by atoms with Crippen LogP contribution in [0.1, 0.15) is 101 Å². The predicted octanol–water partition coefficient (Wildman–Crippen LogP) is 7.31. The van der Waals surface area contributed by atoms with E-state index in [-0.39, 0.29) is 38.9 Å². The highest BCUT2D eigenvalue weighted by Crippen LogP contribution is 2.43. The average Bonchev–Trinajstić information content (AvgIpc) is 3.96. The van der Waals surface area contributed by atoms with Gasteiger partial charge in [-0.15, -0.1) is 0 Å². The summed E-state index contributed by atoms with van der Waals surface area (Å²) in [5.74, 6) is -2.42. The monoisotopic (exact) mass is 926 g/mol. The van der Waals surface area contributed by atoms with Crippen molar-refractivity contribution in [3.05, 3.63) is 117 Å². The molecule has 0 bridgehead atoms. The number of carbonyl (C=O) groups is 8. The molecule has 2 aliphatic carbocycles. The molecule has 0 saturated carbocycles. The van der Waals surface area contributed by atoms with Crippen LogP contribution in [0.4, 0.5) is 0 Å². The van der Waals surface area contributed by atoms with Gasteiger partial charge in [-0.1, -0.05) is 48.5 Å². The molecule has 4 aromatic carbocycles. The number of carboxylic acids is 1. The fraction of sp³-hybridized carbons (Fsp3) is 0.308. The summed E-state index contributed by atoms with van der Waals surface area (Å²) in [6.07, 6.45) is 0.0827. The maximum absolute atomic E-state index is 13.1. The lowest BCUT2D eigenvalue weighted by molar-refractivity contribution is -0.152. The molecule has 68 heavy (non-hydrogen) atoms. The Morgan fingerprint density at radius 2 is 1.03 bits per heavy atom. The van der Waals surface area contributed by atoms with Crippen LogP contribution in [0.15, 0.2) is 69.5 Å². The van der Waals surface area contributed by atoms with Crippen molar-refractivity contribution in [3.8, 4) is 22.6 Å². The quantitative estimate of drug-likeness (QED) is 0.0697. The number of aliphatic carboxylic acids is 1. The Balaban J connectivity index is 0.000000179. The van der Waals surface area contributed by atoms with Crippen LogP contribution in [-0.2, 0) is 41.7 Å². The number of likely N-dealkylation sites (N-methyl/N-ethyl adjacent to an activating group) is 2. The van der Waals surface area contributed by atoms with Gasteiger partial charge >= 0.3 is 23.9 Å². The molecule has 352 valence electrons. The first-order chi connectivity index (χ1) is 32.4. The summed E-state index contributed by atoms with van der Waals surface area (Å²) in [4.78, 5) is 97.9. The lowest BCUT2D eigenvalue weighted by Gasteiger charge is -2.16. The summed E-state index contributed by atoms with van der Waals surface area (Å²) in [7, 11) is 3.68. The molecule has 1 saturated heterocycles. The average molecular weight is 927 g/mol. The topological polar surface area (TPSA) is 228 Å². The Morgan fingerprint density at radius 1 is 0.588 bits per heavy atom. The van der Waals surface area contributed by atoms with Gasteiger partial charge in [-0.2, -0.15) is 0 Å². The van der Waals surface area contributed by atoms with Crippen molar-refractivity contribution in [3.63, 3.8) is 0 Å². The Kier molecular flexibility index (Phi) is 14.4. The van der Waals surface area contributed by atoms with Gasteiger partial charge in [0.1, 0.15) is 29.6 Å². The van der Waals surface area contributed by atoms with Crippen molar-refractivity contribution in [2.75, 3.05) is 40.4 Å². The number of carboxylic acid groups (broad SMARTS) is 1. The number of benzene rings is 4. The van der Waals surface area contributed by atoms with Crippen LogP contribution in [0.5, 0.6) is 0 Å². The summed E-state index contributed by atoms with van der Waals surface area (Å²) < 4.78 is 21.4. The minimum absolute atomic E-state index is 0.0432. The number of fused-ring (bicyclic) bond motifs is 10. The van der Waals surface area contributed by atoms with E-state index in [0.29, 0.717) is 93.7 Å². The number of aryl methyl sites for hydroxylation is 2. The van der Waals surface area contributed by atoms with E-state index in [1.807, 2.05) is 105 Å². The predicted molar refractivity (Wildman–Crippen MR) is 247 cm³/mol. The molecule has 0 unspecified atom stereocenters. The van der Waals surface area contributed by atoms with E-state index in [0.717, 1.165) is 32.7 Å². The van der Waals surface area contributed by atoms with Crippen LogP contribution in [0.2, 0.25) is 0 Å². The van der Waals surface area contributed by atoms with E-state index >= 15 is 0 Å².